The van der Waals surface area contributed by atoms with Crippen LogP contribution in [0.1, 0.15) is 23.7 Å². The van der Waals surface area contributed by atoms with Gasteiger partial charge < -0.3 is 10.2 Å². The molecule has 0 radical (unpaired) electrons. The third-order valence-electron chi connectivity index (χ3n) is 3.04. The lowest BCUT2D eigenvalue weighted by Crippen LogP contribution is -2.05. The maximum absolute atomic E-state index is 5.79. The molecule has 0 fully saturated rings. The van der Waals surface area contributed by atoms with E-state index in [-0.39, 0.29) is 6.04 Å². The standard InChI is InChI=1S/C15H14IN5OS/c1-9(17)13-7-23-15(20-13)6-19-21-10-2-3-11(12(16)4-10)14-5-18-8-22-14/h2-9,21H,17H2,1H3. The normalized spacial score (nSPS) is 12.7. The quantitative estimate of drug-likeness (QED) is 0.358. The lowest BCUT2D eigenvalue weighted by atomic mass is 10.2. The first-order chi connectivity index (χ1) is 11.1. The van der Waals surface area contributed by atoms with E-state index < -0.39 is 0 Å². The van der Waals surface area contributed by atoms with Gasteiger partial charge in [-0.25, -0.2) is 9.97 Å². The summed E-state index contributed by atoms with van der Waals surface area (Å²) in [5, 5.41) is 6.97. The van der Waals surface area contributed by atoms with Crippen molar-refractivity contribution in [2.45, 2.75) is 13.0 Å². The van der Waals surface area contributed by atoms with Crippen LogP contribution in [0.15, 0.2) is 45.7 Å². The van der Waals surface area contributed by atoms with Gasteiger partial charge in [0.05, 0.1) is 23.8 Å². The van der Waals surface area contributed by atoms with Crippen molar-refractivity contribution in [2.75, 3.05) is 5.43 Å². The lowest BCUT2D eigenvalue weighted by Gasteiger charge is -2.04. The zero-order valence-electron chi connectivity index (χ0n) is 12.2. The number of nitrogens with two attached hydrogens (primary N) is 1. The van der Waals surface area contributed by atoms with E-state index in [0.717, 1.165) is 31.3 Å². The minimum absolute atomic E-state index is 0.0634. The largest absolute Gasteiger partial charge is 0.443 e. The van der Waals surface area contributed by atoms with Crippen molar-refractivity contribution in [1.29, 1.82) is 0 Å². The monoisotopic (exact) mass is 439 g/mol. The summed E-state index contributed by atoms with van der Waals surface area (Å²) in [5.41, 5.74) is 11.6. The van der Waals surface area contributed by atoms with Gasteiger partial charge in [0, 0.05) is 20.6 Å². The van der Waals surface area contributed by atoms with Crippen molar-refractivity contribution < 1.29 is 4.42 Å². The number of oxazole rings is 1. The molecule has 0 spiro atoms. The Morgan fingerprint density at radius 2 is 2.35 bits per heavy atom. The van der Waals surface area contributed by atoms with E-state index in [1.165, 1.54) is 17.7 Å². The molecular weight excluding hydrogens is 425 g/mol. The third kappa shape index (κ3) is 3.95. The van der Waals surface area contributed by atoms with Crippen LogP contribution in [0, 0.1) is 3.57 Å². The third-order valence-corrected chi connectivity index (χ3v) is 4.73. The van der Waals surface area contributed by atoms with Crippen molar-refractivity contribution in [3.63, 3.8) is 0 Å². The molecule has 0 aliphatic heterocycles. The molecule has 1 atom stereocenters. The van der Waals surface area contributed by atoms with Crippen molar-refractivity contribution >= 4 is 45.8 Å². The van der Waals surface area contributed by atoms with Gasteiger partial charge in [-0.05, 0) is 47.7 Å². The summed E-state index contributed by atoms with van der Waals surface area (Å²) in [6, 6.07) is 5.83. The highest BCUT2D eigenvalue weighted by atomic mass is 127. The zero-order chi connectivity index (χ0) is 16.2. The molecule has 0 bridgehead atoms. The van der Waals surface area contributed by atoms with Crippen molar-refractivity contribution in [3.8, 4) is 11.3 Å². The summed E-state index contributed by atoms with van der Waals surface area (Å²) in [6.45, 7) is 1.91. The number of rotatable bonds is 5. The van der Waals surface area contributed by atoms with Crippen LogP contribution >= 0.6 is 33.9 Å². The molecule has 118 valence electrons. The van der Waals surface area contributed by atoms with E-state index in [1.807, 2.05) is 30.5 Å². The smallest absolute Gasteiger partial charge is 0.181 e. The second-order valence-corrected chi connectivity index (χ2v) is 6.88. The van der Waals surface area contributed by atoms with Gasteiger partial charge in [-0.1, -0.05) is 0 Å². The van der Waals surface area contributed by atoms with Crippen LogP contribution in [0.5, 0.6) is 0 Å². The number of hydrogen-bond donors (Lipinski definition) is 2. The number of nitrogens with one attached hydrogen (secondary N) is 1. The van der Waals surface area contributed by atoms with Crippen molar-refractivity contribution in [1.82, 2.24) is 9.97 Å². The fourth-order valence-electron chi connectivity index (χ4n) is 1.86. The van der Waals surface area contributed by atoms with Gasteiger partial charge in [0.1, 0.15) is 5.01 Å². The van der Waals surface area contributed by atoms with Crippen molar-refractivity contribution in [2.24, 2.45) is 10.8 Å². The first kappa shape index (κ1) is 16.1. The highest BCUT2D eigenvalue weighted by Crippen LogP contribution is 2.27. The first-order valence-electron chi connectivity index (χ1n) is 6.82. The number of hydrogen-bond acceptors (Lipinski definition) is 7. The highest BCUT2D eigenvalue weighted by molar-refractivity contribution is 14.1. The molecular formula is C15H14IN5OS. The molecule has 1 unspecified atom stereocenters. The Morgan fingerprint density at radius 3 is 3.00 bits per heavy atom. The summed E-state index contributed by atoms with van der Waals surface area (Å²) in [7, 11) is 0. The summed E-state index contributed by atoms with van der Waals surface area (Å²) >= 11 is 3.77. The minimum atomic E-state index is -0.0634. The van der Waals surface area contributed by atoms with Gasteiger partial charge >= 0.3 is 0 Å². The fourth-order valence-corrected chi connectivity index (χ4v) is 3.43. The molecule has 2 heterocycles. The number of halogens is 1. The molecule has 3 N–H and O–H groups in total. The molecule has 0 aliphatic rings. The number of hydrazone groups is 1. The van der Waals surface area contributed by atoms with E-state index in [0.29, 0.717) is 0 Å². The molecule has 1 aromatic carbocycles. The molecule has 0 aliphatic carbocycles. The fraction of sp³-hybridized carbons (Fsp3) is 0.133. The van der Waals surface area contributed by atoms with Crippen LogP contribution < -0.4 is 11.2 Å². The van der Waals surface area contributed by atoms with Crippen LogP contribution in [-0.2, 0) is 0 Å². The Balaban J connectivity index is 1.68. The number of aromatic nitrogens is 2. The van der Waals surface area contributed by atoms with Gasteiger partial charge in [0.15, 0.2) is 12.2 Å². The van der Waals surface area contributed by atoms with Gasteiger partial charge in [-0.3, -0.25) is 5.43 Å². The maximum atomic E-state index is 5.79. The van der Waals surface area contributed by atoms with Crippen molar-refractivity contribution in [3.05, 3.63) is 50.4 Å². The second kappa shape index (κ2) is 7.20. The van der Waals surface area contributed by atoms with Crippen LogP contribution in [0.3, 0.4) is 0 Å². The topological polar surface area (TPSA) is 89.3 Å². The summed E-state index contributed by atoms with van der Waals surface area (Å²) in [6.07, 6.45) is 4.81. The van der Waals surface area contributed by atoms with E-state index in [1.54, 1.807) is 12.4 Å². The molecule has 0 saturated carbocycles. The molecule has 8 heteroatoms. The Hall–Kier alpha value is -1.78. The molecule has 6 nitrogen and oxygen atoms in total. The molecule has 3 rings (SSSR count). The van der Waals surface area contributed by atoms with Gasteiger partial charge in [0.25, 0.3) is 0 Å². The Morgan fingerprint density at radius 1 is 1.48 bits per heavy atom. The van der Waals surface area contributed by atoms with Crippen LogP contribution in [0.4, 0.5) is 5.69 Å². The van der Waals surface area contributed by atoms with E-state index in [2.05, 4.69) is 43.1 Å². The van der Waals surface area contributed by atoms with Crippen LogP contribution in [-0.4, -0.2) is 16.2 Å². The molecule has 3 aromatic rings. The Kier molecular flexibility index (Phi) is 5.03. The number of nitrogens with zero attached hydrogens (tertiary/aromatic N) is 3. The Bertz CT molecular complexity index is 813. The average Bonchev–Trinajstić information content (AvgIpc) is 3.18. The van der Waals surface area contributed by atoms with Gasteiger partial charge in [-0.2, -0.15) is 5.10 Å². The zero-order valence-corrected chi connectivity index (χ0v) is 15.2. The SMILES string of the molecule is CC(N)c1csc(C=NNc2ccc(-c3cnco3)c(I)c2)n1. The number of anilines is 1. The molecule has 23 heavy (non-hydrogen) atoms. The van der Waals surface area contributed by atoms with Gasteiger partial charge in [0.2, 0.25) is 0 Å². The van der Waals surface area contributed by atoms with Gasteiger partial charge in [-0.15, -0.1) is 11.3 Å². The van der Waals surface area contributed by atoms with E-state index in [9.17, 15) is 0 Å². The summed E-state index contributed by atoms with van der Waals surface area (Å²) < 4.78 is 6.37. The van der Waals surface area contributed by atoms with Crippen LogP contribution in [0.2, 0.25) is 0 Å². The minimum Gasteiger partial charge on any atom is -0.443 e. The number of thiazole rings is 1. The number of benzene rings is 1. The Labute approximate surface area is 151 Å². The first-order valence-corrected chi connectivity index (χ1v) is 8.78. The summed E-state index contributed by atoms with van der Waals surface area (Å²) in [4.78, 5) is 8.33. The molecule has 0 amide bonds. The average molecular weight is 439 g/mol. The van der Waals surface area contributed by atoms with E-state index >= 15 is 0 Å². The maximum Gasteiger partial charge on any atom is 0.181 e. The molecule has 0 saturated heterocycles. The van der Waals surface area contributed by atoms with Crippen LogP contribution in [0.25, 0.3) is 11.3 Å². The lowest BCUT2D eigenvalue weighted by molar-refractivity contribution is 0.571. The van der Waals surface area contributed by atoms with E-state index in [4.69, 9.17) is 10.2 Å². The molecule has 2 aromatic heterocycles. The predicted molar refractivity (Wildman–Crippen MR) is 101 cm³/mol. The summed E-state index contributed by atoms with van der Waals surface area (Å²) in [5.74, 6) is 0.746. The second-order valence-electron chi connectivity index (χ2n) is 4.83. The predicted octanol–water partition coefficient (Wildman–Crippen LogP) is 3.87. The highest BCUT2D eigenvalue weighted by Gasteiger charge is 2.07.